The highest BCUT2D eigenvalue weighted by Crippen LogP contribution is 2.30. The first-order chi connectivity index (χ1) is 12.2. The summed E-state index contributed by atoms with van der Waals surface area (Å²) < 4.78 is 0. The van der Waals surface area contributed by atoms with E-state index in [1.165, 1.54) is 12.1 Å². The van der Waals surface area contributed by atoms with Crippen LogP contribution < -0.4 is 21.1 Å². The van der Waals surface area contributed by atoms with Gasteiger partial charge >= 0.3 is 0 Å². The maximum atomic E-state index is 12.3. The van der Waals surface area contributed by atoms with Crippen molar-refractivity contribution in [2.24, 2.45) is 0 Å². The predicted octanol–water partition coefficient (Wildman–Crippen LogP) is 3.92. The van der Waals surface area contributed by atoms with Crippen LogP contribution in [0.4, 0.5) is 22.7 Å². The molecule has 0 aliphatic rings. The van der Waals surface area contributed by atoms with E-state index in [0.717, 1.165) is 11.4 Å². The maximum Gasteiger partial charge on any atom is 0.202 e. The second-order valence-electron chi connectivity index (χ2n) is 5.55. The summed E-state index contributed by atoms with van der Waals surface area (Å²) in [5.41, 5.74) is 2.42. The van der Waals surface area contributed by atoms with Gasteiger partial charge in [-0.3, -0.25) is 9.59 Å². The molecule has 0 fully saturated rings. The third-order valence-electron chi connectivity index (χ3n) is 3.87. The minimum Gasteiger partial charge on any atom is -0.351 e. The van der Waals surface area contributed by atoms with Crippen LogP contribution in [0.1, 0.15) is 0 Å². The monoisotopic (exact) mass is 330 g/mol. The van der Waals surface area contributed by atoms with E-state index in [0.29, 0.717) is 11.4 Å². The third kappa shape index (κ3) is 3.75. The van der Waals surface area contributed by atoms with Crippen molar-refractivity contribution in [1.82, 2.24) is 0 Å². The molecule has 0 aliphatic carbocycles. The number of hydrogen-bond acceptors (Lipinski definition) is 4. The predicted molar refractivity (Wildman–Crippen MR) is 103 cm³/mol. The van der Waals surface area contributed by atoms with Gasteiger partial charge in [-0.05, 0) is 36.4 Å². The molecule has 0 radical (unpaired) electrons. The molecule has 4 heteroatoms. The molecule has 4 nitrogen and oxygen atoms in total. The Morgan fingerprint density at radius 2 is 1.12 bits per heavy atom. The van der Waals surface area contributed by atoms with Gasteiger partial charge in [0.25, 0.3) is 0 Å². The molecule has 3 aromatic rings. The third-order valence-corrected chi connectivity index (χ3v) is 3.87. The van der Waals surface area contributed by atoms with Crippen LogP contribution in [0.3, 0.4) is 0 Å². The van der Waals surface area contributed by atoms with Gasteiger partial charge in [-0.2, -0.15) is 0 Å². The molecule has 3 aromatic carbocycles. The van der Waals surface area contributed by atoms with Gasteiger partial charge in [0.2, 0.25) is 10.9 Å². The first-order valence-corrected chi connectivity index (χ1v) is 7.95. The fourth-order valence-corrected chi connectivity index (χ4v) is 2.58. The lowest BCUT2D eigenvalue weighted by Crippen LogP contribution is -2.18. The highest BCUT2D eigenvalue weighted by molar-refractivity contribution is 5.79. The highest BCUT2D eigenvalue weighted by Gasteiger charge is 2.11. The van der Waals surface area contributed by atoms with Crippen LogP contribution in [0, 0.1) is 0 Å². The Balaban J connectivity index is 2.05. The Bertz CT molecular complexity index is 1000. The van der Waals surface area contributed by atoms with Crippen molar-refractivity contribution in [3.63, 3.8) is 0 Å². The molecule has 25 heavy (non-hydrogen) atoms. The maximum absolute atomic E-state index is 12.3. The first kappa shape index (κ1) is 16.5. The lowest BCUT2D eigenvalue weighted by molar-refractivity contribution is 1.20. The molecule has 0 atom stereocenters. The second-order valence-corrected chi connectivity index (χ2v) is 5.55. The average Bonchev–Trinajstić information content (AvgIpc) is 2.95. The zero-order chi connectivity index (χ0) is 17.6. The summed E-state index contributed by atoms with van der Waals surface area (Å²) in [7, 11) is 1.83. The number of benzene rings is 1. The largest absolute Gasteiger partial charge is 0.351 e. The van der Waals surface area contributed by atoms with Crippen molar-refractivity contribution >= 4 is 22.7 Å². The lowest BCUT2D eigenvalue weighted by atomic mass is 10.2. The second kappa shape index (κ2) is 7.45. The van der Waals surface area contributed by atoms with Gasteiger partial charge in [-0.15, -0.1) is 0 Å². The molecule has 0 saturated carbocycles. The lowest BCUT2D eigenvalue weighted by Gasteiger charge is -2.21. The van der Waals surface area contributed by atoms with Gasteiger partial charge in [0.15, 0.2) is 0 Å². The van der Waals surface area contributed by atoms with Crippen LogP contribution in [-0.2, 0) is 0 Å². The van der Waals surface area contributed by atoms with Crippen molar-refractivity contribution in [2.45, 2.75) is 0 Å². The Kier molecular flexibility index (Phi) is 4.90. The minimum absolute atomic E-state index is 0.0714. The number of para-hydroxylation sites is 2. The van der Waals surface area contributed by atoms with Crippen molar-refractivity contribution in [3.05, 3.63) is 105 Å². The molecule has 0 bridgehead atoms. The normalized spacial score (nSPS) is 10.1. The number of nitrogens with one attached hydrogen (secondary N) is 1. The quantitative estimate of drug-likeness (QED) is 0.788. The zero-order valence-corrected chi connectivity index (χ0v) is 13.8. The van der Waals surface area contributed by atoms with E-state index in [9.17, 15) is 9.59 Å². The molecule has 0 saturated heterocycles. The fraction of sp³-hybridized carbons (Fsp3) is 0.0476. The van der Waals surface area contributed by atoms with Crippen LogP contribution in [0.5, 0.6) is 0 Å². The van der Waals surface area contributed by atoms with Gasteiger partial charge in [0.1, 0.15) is 0 Å². The molecule has 0 unspecified atom stereocenters. The Morgan fingerprint density at radius 3 is 1.92 bits per heavy atom. The summed E-state index contributed by atoms with van der Waals surface area (Å²) in [4.78, 5) is 26.2. The van der Waals surface area contributed by atoms with Gasteiger partial charge in [0, 0.05) is 7.05 Å². The molecule has 3 rings (SSSR count). The van der Waals surface area contributed by atoms with E-state index in [1.807, 2.05) is 54.4 Å². The molecule has 0 aliphatic heterocycles. The van der Waals surface area contributed by atoms with Gasteiger partial charge < -0.3 is 10.2 Å². The first-order valence-electron chi connectivity index (χ1n) is 7.95. The number of nitrogens with zero attached hydrogens (tertiary/aromatic N) is 1. The van der Waals surface area contributed by atoms with Crippen LogP contribution in [-0.4, -0.2) is 7.05 Å². The number of hydrogen-bond donors (Lipinski definition) is 1. The van der Waals surface area contributed by atoms with E-state index in [4.69, 9.17) is 0 Å². The van der Waals surface area contributed by atoms with Crippen LogP contribution in [0.25, 0.3) is 0 Å². The van der Waals surface area contributed by atoms with E-state index in [2.05, 4.69) is 5.32 Å². The molecule has 0 heterocycles. The van der Waals surface area contributed by atoms with Crippen LogP contribution in [0.2, 0.25) is 0 Å². The molecular formula is C21H18N2O2. The molecule has 0 amide bonds. The Labute approximate surface area is 146 Å². The van der Waals surface area contributed by atoms with E-state index < -0.39 is 0 Å². The fourth-order valence-electron chi connectivity index (χ4n) is 2.58. The summed E-state index contributed by atoms with van der Waals surface area (Å²) in [5, 5.41) is 3.18. The SMILES string of the molecule is CN(c1ccccc1Nc1cccccc1=O)c1cccccc1=O. The topological polar surface area (TPSA) is 49.4 Å². The van der Waals surface area contributed by atoms with Gasteiger partial charge in [-0.1, -0.05) is 48.5 Å². The summed E-state index contributed by atoms with van der Waals surface area (Å²) >= 11 is 0. The zero-order valence-electron chi connectivity index (χ0n) is 13.8. The summed E-state index contributed by atoms with van der Waals surface area (Å²) in [6.45, 7) is 0. The van der Waals surface area contributed by atoms with Crippen molar-refractivity contribution in [3.8, 4) is 0 Å². The van der Waals surface area contributed by atoms with E-state index in [-0.39, 0.29) is 10.9 Å². The summed E-state index contributed by atoms with van der Waals surface area (Å²) in [5.74, 6) is 0. The molecule has 124 valence electrons. The molecule has 1 N–H and O–H groups in total. The molecule has 0 aromatic heterocycles. The van der Waals surface area contributed by atoms with Crippen molar-refractivity contribution in [1.29, 1.82) is 0 Å². The van der Waals surface area contributed by atoms with Crippen molar-refractivity contribution < 1.29 is 0 Å². The van der Waals surface area contributed by atoms with E-state index in [1.54, 1.807) is 30.3 Å². The van der Waals surface area contributed by atoms with Crippen molar-refractivity contribution in [2.75, 3.05) is 17.3 Å². The highest BCUT2D eigenvalue weighted by atomic mass is 16.1. The van der Waals surface area contributed by atoms with Gasteiger partial charge in [0.05, 0.1) is 22.7 Å². The number of anilines is 4. The molecular weight excluding hydrogens is 312 g/mol. The summed E-state index contributed by atoms with van der Waals surface area (Å²) in [6, 6.07) is 24.8. The standard InChI is InChI=1S/C21H18N2O2/c1-23(19-13-5-3-7-15-21(19)25)18-12-9-8-10-16(18)22-17-11-4-2-6-14-20(17)24/h2-15H,1H3,(H,22,24). The van der Waals surface area contributed by atoms with Gasteiger partial charge in [-0.25, -0.2) is 0 Å². The van der Waals surface area contributed by atoms with Crippen LogP contribution >= 0.6 is 0 Å². The minimum atomic E-state index is -0.0990. The Morgan fingerprint density at radius 1 is 0.600 bits per heavy atom. The molecule has 0 spiro atoms. The summed E-state index contributed by atoms with van der Waals surface area (Å²) in [6.07, 6.45) is 0. The smallest absolute Gasteiger partial charge is 0.202 e. The van der Waals surface area contributed by atoms with E-state index >= 15 is 0 Å². The number of rotatable bonds is 4. The average molecular weight is 330 g/mol. The van der Waals surface area contributed by atoms with Crippen LogP contribution in [0.15, 0.2) is 94.5 Å². The Hall–Kier alpha value is -3.40.